The SMILES string of the molecule is [2H]c1c([2H])c2c([2H])c([2H])c1CC1c3c(c([2H])c4c(c3Oc3c([2H])c5c(c([2H])c3OC)CCN(C)C5Cc3c([2H])c([2H])c(OC)c(c3[2H])O2)OC([2H])([2H])O4)CCN1C. The molecule has 45 heavy (non-hydrogen) atoms. The summed E-state index contributed by atoms with van der Waals surface area (Å²) in [6.45, 7) is -1.93. The molecule has 2 atom stereocenters. The average Bonchev–Trinajstić information content (AvgIpc) is 3.51. The van der Waals surface area contributed by atoms with E-state index in [4.69, 9.17) is 40.8 Å². The number of fused-ring (bicyclic) bond motifs is 3. The lowest BCUT2D eigenvalue weighted by molar-refractivity contribution is 0.171. The van der Waals surface area contributed by atoms with Crippen molar-refractivity contribution < 1.29 is 44.9 Å². The Balaban J connectivity index is 1.50. The first-order valence-corrected chi connectivity index (χ1v) is 14.7. The molecule has 0 aromatic heterocycles. The summed E-state index contributed by atoms with van der Waals surface area (Å²) in [6, 6.07) is -5.26. The van der Waals surface area contributed by atoms with Gasteiger partial charge in [-0.2, -0.15) is 0 Å². The van der Waals surface area contributed by atoms with Crippen molar-refractivity contribution in [3.8, 4) is 46.0 Å². The second-order valence-electron chi connectivity index (χ2n) is 11.4. The fourth-order valence-corrected chi connectivity index (χ4v) is 6.40. The van der Waals surface area contributed by atoms with Crippen LogP contribution in [0.1, 0.15) is 61.9 Å². The molecule has 2 unspecified atom stereocenters. The van der Waals surface area contributed by atoms with Crippen LogP contribution < -0.4 is 28.4 Å². The van der Waals surface area contributed by atoms with Crippen LogP contribution in [0.15, 0.2) is 60.4 Å². The van der Waals surface area contributed by atoms with Crippen LogP contribution >= 0.6 is 0 Å². The molecular weight excluding hydrogens is 568 g/mol. The number of ether oxygens (including phenoxy) is 6. The Bertz CT molecular complexity index is 2380. The Kier molecular flexibility index (Phi) is 4.46. The number of methoxy groups -OCH3 is 2. The van der Waals surface area contributed by atoms with Crippen molar-refractivity contribution >= 4 is 0 Å². The Morgan fingerprint density at radius 2 is 1.42 bits per heavy atom. The predicted molar refractivity (Wildman–Crippen MR) is 171 cm³/mol. The fraction of sp³-hybridized carbons (Fsp3) is 0.351. The maximum atomic E-state index is 9.73. The molecule has 6 bridgehead atoms. The number of rotatable bonds is 2. The highest BCUT2D eigenvalue weighted by atomic mass is 16.7. The molecule has 4 aromatic rings. The molecule has 5 aliphatic rings. The second-order valence-corrected chi connectivity index (χ2v) is 11.4. The molecule has 8 heteroatoms. The van der Waals surface area contributed by atoms with Gasteiger partial charge in [0.1, 0.15) is 8.49 Å². The van der Waals surface area contributed by atoms with Gasteiger partial charge >= 0.3 is 0 Å². The molecule has 0 aliphatic carbocycles. The predicted octanol–water partition coefficient (Wildman–Crippen LogP) is 6.87. The van der Waals surface area contributed by atoms with E-state index in [1.807, 2.05) is 9.80 Å². The van der Waals surface area contributed by atoms with Gasteiger partial charge in [0, 0.05) is 30.7 Å². The zero-order valence-corrected chi connectivity index (χ0v) is 25.2. The molecule has 9 rings (SSSR count). The number of hydrogen-bond acceptors (Lipinski definition) is 8. The van der Waals surface area contributed by atoms with Crippen LogP contribution in [0.3, 0.4) is 0 Å². The van der Waals surface area contributed by atoms with Gasteiger partial charge in [-0.3, -0.25) is 9.80 Å². The van der Waals surface area contributed by atoms with Crippen LogP contribution in [0, 0.1) is 0 Å². The van der Waals surface area contributed by atoms with Crippen molar-refractivity contribution in [3.63, 3.8) is 0 Å². The maximum absolute atomic E-state index is 9.73. The van der Waals surface area contributed by atoms with E-state index in [-0.39, 0.29) is 94.8 Å². The van der Waals surface area contributed by atoms with Crippen LogP contribution in [-0.4, -0.2) is 57.9 Å². The lowest BCUT2D eigenvalue weighted by atomic mass is 9.87. The first-order chi connectivity index (χ1) is 26.9. The highest BCUT2D eigenvalue weighted by Crippen LogP contribution is 2.53. The van der Waals surface area contributed by atoms with Gasteiger partial charge in [-0.15, -0.1) is 0 Å². The normalized spacial score (nSPS) is 25.2. The standard InChI is InChI=1S/C37H38N2O6/c1-38-13-11-24-18-31(41-4)33-20-27(24)28(38)16-23-7-10-30(40-3)32(17-23)44-26-8-5-22(6-9-26)15-29-35-25(12-14-39(29)2)19-34-36(37(35)45-33)43-21-42-34/h5-10,17-20,28-29H,11-16,21H2,1-4H3/i5D,6D,7D,8D,9D,10D,17D,18D,19D,20D,21D2. The van der Waals surface area contributed by atoms with Crippen LogP contribution in [0.2, 0.25) is 0 Å². The summed E-state index contributed by atoms with van der Waals surface area (Å²) >= 11 is 0. The van der Waals surface area contributed by atoms with Gasteiger partial charge in [0.2, 0.25) is 12.5 Å². The molecule has 0 spiro atoms. The monoisotopic (exact) mass is 618 g/mol. The molecule has 5 aliphatic heterocycles. The molecule has 8 nitrogen and oxygen atoms in total. The van der Waals surface area contributed by atoms with Crippen molar-refractivity contribution in [2.45, 2.75) is 37.8 Å². The van der Waals surface area contributed by atoms with Gasteiger partial charge < -0.3 is 28.4 Å². The third-order valence-corrected chi connectivity index (χ3v) is 8.80. The van der Waals surface area contributed by atoms with E-state index in [1.54, 1.807) is 14.1 Å². The summed E-state index contributed by atoms with van der Waals surface area (Å²) < 4.78 is 144. The lowest BCUT2D eigenvalue weighted by Crippen LogP contribution is -2.34. The Hall–Kier alpha value is -4.40. The van der Waals surface area contributed by atoms with Crippen LogP contribution in [0.25, 0.3) is 0 Å². The van der Waals surface area contributed by atoms with Gasteiger partial charge in [0.25, 0.3) is 0 Å². The first kappa shape index (κ1) is 17.9. The zero-order chi connectivity index (χ0) is 41.2. The first-order valence-electron chi connectivity index (χ1n) is 20.7. The molecule has 4 aromatic carbocycles. The molecular formula is C37H38N2O6. The summed E-state index contributed by atoms with van der Waals surface area (Å²) in [4.78, 5) is 3.78. The second kappa shape index (κ2) is 11.2. The van der Waals surface area contributed by atoms with Crippen LogP contribution in [0.5, 0.6) is 46.0 Å². The van der Waals surface area contributed by atoms with Gasteiger partial charge in [0.15, 0.2) is 34.5 Å². The van der Waals surface area contributed by atoms with Gasteiger partial charge in [0.05, 0.1) is 27.9 Å². The minimum Gasteiger partial charge on any atom is -0.493 e. The van der Waals surface area contributed by atoms with E-state index in [0.29, 0.717) is 41.8 Å². The largest absolute Gasteiger partial charge is 0.493 e. The molecule has 0 N–H and O–H groups in total. The van der Waals surface area contributed by atoms with Crippen molar-refractivity contribution in [1.29, 1.82) is 0 Å². The van der Waals surface area contributed by atoms with Crippen LogP contribution in [0.4, 0.5) is 0 Å². The molecule has 0 fully saturated rings. The number of likely N-dealkylation sites (N-methyl/N-ethyl adjacent to an activating group) is 2. The number of benzene rings is 4. The van der Waals surface area contributed by atoms with E-state index in [1.165, 1.54) is 14.2 Å². The summed E-state index contributed by atoms with van der Waals surface area (Å²) in [5, 5.41) is 0. The van der Waals surface area contributed by atoms with E-state index in [2.05, 4.69) is 0 Å². The van der Waals surface area contributed by atoms with E-state index in [0.717, 1.165) is 0 Å². The Morgan fingerprint density at radius 1 is 0.711 bits per heavy atom. The quantitative estimate of drug-likeness (QED) is 0.241. The number of hydrogen-bond donors (Lipinski definition) is 0. The minimum absolute atomic E-state index is 0.00860. The smallest absolute Gasteiger partial charge is 0.231 e. The summed E-state index contributed by atoms with van der Waals surface area (Å²) in [5.74, 6) is -2.15. The van der Waals surface area contributed by atoms with Gasteiger partial charge in [-0.05, 0) is 110 Å². The van der Waals surface area contributed by atoms with Crippen LogP contribution in [-0.2, 0) is 25.7 Å². The lowest BCUT2D eigenvalue weighted by Gasteiger charge is -2.37. The van der Waals surface area contributed by atoms with Gasteiger partial charge in [-0.25, -0.2) is 0 Å². The van der Waals surface area contributed by atoms with E-state index < -0.39 is 60.8 Å². The molecule has 5 heterocycles. The summed E-state index contributed by atoms with van der Waals surface area (Å²) in [7, 11) is 6.13. The maximum Gasteiger partial charge on any atom is 0.231 e. The molecule has 0 amide bonds. The average molecular weight is 619 g/mol. The Labute approximate surface area is 280 Å². The third-order valence-electron chi connectivity index (χ3n) is 8.80. The van der Waals surface area contributed by atoms with Crippen molar-refractivity contribution in [2.75, 3.05) is 48.1 Å². The van der Waals surface area contributed by atoms with Gasteiger partial charge in [-0.1, -0.05) is 18.1 Å². The molecule has 0 saturated carbocycles. The fourth-order valence-electron chi connectivity index (χ4n) is 6.40. The Morgan fingerprint density at radius 3 is 2.22 bits per heavy atom. The van der Waals surface area contributed by atoms with E-state index >= 15 is 0 Å². The molecule has 232 valence electrons. The highest BCUT2D eigenvalue weighted by Gasteiger charge is 2.36. The minimum atomic E-state index is -2.71. The highest BCUT2D eigenvalue weighted by molar-refractivity contribution is 5.64. The molecule has 0 saturated heterocycles. The topological polar surface area (TPSA) is 61.9 Å². The van der Waals surface area contributed by atoms with E-state index in [9.17, 15) is 4.11 Å². The van der Waals surface area contributed by atoms with Crippen molar-refractivity contribution in [2.24, 2.45) is 0 Å². The van der Waals surface area contributed by atoms with Crippen molar-refractivity contribution in [1.82, 2.24) is 9.80 Å². The summed E-state index contributed by atoms with van der Waals surface area (Å²) in [5.41, 5.74) is 1.50. The summed E-state index contributed by atoms with van der Waals surface area (Å²) in [6.07, 6.45) is 0.301. The zero-order valence-electron chi connectivity index (χ0n) is 37.2. The molecule has 0 radical (unpaired) electrons. The third kappa shape index (κ3) is 4.93. The van der Waals surface area contributed by atoms with Crippen molar-refractivity contribution in [3.05, 3.63) is 93.8 Å². The number of nitrogens with zero attached hydrogens (tertiary/aromatic N) is 2.